The minimum absolute atomic E-state index is 0.103. The summed E-state index contributed by atoms with van der Waals surface area (Å²) in [6.45, 7) is 14.8. The minimum Gasteiger partial charge on any atom is -0.258 e. The van der Waals surface area contributed by atoms with Gasteiger partial charge in [0.15, 0.2) is 0 Å². The van der Waals surface area contributed by atoms with E-state index in [1.165, 1.54) is 5.56 Å². The van der Waals surface area contributed by atoms with Crippen molar-refractivity contribution in [3.8, 4) is 0 Å². The molecule has 17 heavy (non-hydrogen) atoms. The number of benzene rings is 1. The third kappa shape index (κ3) is 3.85. The quantitative estimate of drug-likeness (QED) is 0.665. The van der Waals surface area contributed by atoms with Crippen molar-refractivity contribution < 1.29 is 0 Å². The third-order valence-electron chi connectivity index (χ3n) is 3.08. The lowest BCUT2D eigenvalue weighted by atomic mass is 9.91. The fourth-order valence-electron chi connectivity index (χ4n) is 1.37. The summed E-state index contributed by atoms with van der Waals surface area (Å²) in [5.74, 6) is 0. The van der Waals surface area contributed by atoms with Crippen molar-refractivity contribution in [2.45, 2.75) is 41.0 Å². The van der Waals surface area contributed by atoms with Gasteiger partial charge in [-0.15, -0.1) is 0 Å². The van der Waals surface area contributed by atoms with Gasteiger partial charge < -0.3 is 0 Å². The molecule has 0 fully saturated rings. The zero-order valence-electron chi connectivity index (χ0n) is 11.7. The highest BCUT2D eigenvalue weighted by molar-refractivity contribution is 5.91. The van der Waals surface area contributed by atoms with Crippen LogP contribution in [0.4, 0.5) is 0 Å². The van der Waals surface area contributed by atoms with E-state index in [-0.39, 0.29) is 5.41 Å². The SMILES string of the molecule is C=C(N=C(C)C(C)(C)C)c1ccc(CC)cc1. The maximum atomic E-state index is 4.60. The summed E-state index contributed by atoms with van der Waals surface area (Å²) < 4.78 is 0. The van der Waals surface area contributed by atoms with Crippen LogP contribution >= 0.6 is 0 Å². The van der Waals surface area contributed by atoms with E-state index in [4.69, 9.17) is 0 Å². The van der Waals surface area contributed by atoms with Crippen molar-refractivity contribution in [3.05, 3.63) is 42.0 Å². The second-order valence-electron chi connectivity index (χ2n) is 5.44. The molecule has 0 heterocycles. The van der Waals surface area contributed by atoms with Crippen LogP contribution in [0, 0.1) is 5.41 Å². The second-order valence-corrected chi connectivity index (χ2v) is 5.44. The Morgan fingerprint density at radius 1 is 1.18 bits per heavy atom. The molecular formula is C16H23N. The number of hydrogen-bond donors (Lipinski definition) is 0. The van der Waals surface area contributed by atoms with Gasteiger partial charge in [0.25, 0.3) is 0 Å². The van der Waals surface area contributed by atoms with Crippen LogP contribution in [0.2, 0.25) is 0 Å². The molecule has 0 N–H and O–H groups in total. The Bertz CT molecular complexity index is 416. The van der Waals surface area contributed by atoms with Gasteiger partial charge in [0.1, 0.15) is 0 Å². The molecule has 0 atom stereocenters. The lowest BCUT2D eigenvalue weighted by Crippen LogP contribution is -2.16. The second kappa shape index (κ2) is 5.31. The molecule has 0 aliphatic heterocycles. The number of rotatable bonds is 3. The summed E-state index contributed by atoms with van der Waals surface area (Å²) in [5.41, 5.74) is 4.51. The Morgan fingerprint density at radius 2 is 1.71 bits per heavy atom. The van der Waals surface area contributed by atoms with E-state index in [0.29, 0.717) is 0 Å². The number of aryl methyl sites for hydroxylation is 1. The Kier molecular flexibility index (Phi) is 4.28. The topological polar surface area (TPSA) is 12.4 Å². The first kappa shape index (κ1) is 13.7. The summed E-state index contributed by atoms with van der Waals surface area (Å²) >= 11 is 0. The average Bonchev–Trinajstić information content (AvgIpc) is 2.27. The molecule has 0 amide bonds. The summed E-state index contributed by atoms with van der Waals surface area (Å²) in [4.78, 5) is 4.60. The maximum Gasteiger partial charge on any atom is 0.0629 e. The lowest BCUT2D eigenvalue weighted by Gasteiger charge is -2.18. The molecule has 0 aromatic heterocycles. The van der Waals surface area contributed by atoms with E-state index >= 15 is 0 Å². The largest absolute Gasteiger partial charge is 0.258 e. The molecule has 0 saturated carbocycles. The molecule has 92 valence electrons. The van der Waals surface area contributed by atoms with E-state index < -0.39 is 0 Å². The first-order chi connectivity index (χ1) is 7.84. The highest BCUT2D eigenvalue weighted by Gasteiger charge is 2.14. The first-order valence-corrected chi connectivity index (χ1v) is 6.18. The molecule has 0 aliphatic rings. The zero-order chi connectivity index (χ0) is 13.1. The van der Waals surface area contributed by atoms with E-state index in [2.05, 4.69) is 70.5 Å². The number of hydrogen-bond acceptors (Lipinski definition) is 1. The summed E-state index contributed by atoms with van der Waals surface area (Å²) in [7, 11) is 0. The molecule has 0 radical (unpaired) electrons. The van der Waals surface area contributed by atoms with Crippen molar-refractivity contribution >= 4 is 11.4 Å². The molecule has 1 rings (SSSR count). The predicted molar refractivity (Wildman–Crippen MR) is 77.4 cm³/mol. The normalized spacial score (nSPS) is 12.6. The Labute approximate surface area is 105 Å². The Balaban J connectivity index is 2.90. The number of aliphatic imine (C=N–C) groups is 1. The van der Waals surface area contributed by atoms with Crippen molar-refractivity contribution in [2.75, 3.05) is 0 Å². The highest BCUT2D eigenvalue weighted by Crippen LogP contribution is 2.21. The van der Waals surface area contributed by atoms with Gasteiger partial charge in [0.05, 0.1) is 5.70 Å². The van der Waals surface area contributed by atoms with Gasteiger partial charge >= 0.3 is 0 Å². The molecular weight excluding hydrogens is 206 g/mol. The van der Waals surface area contributed by atoms with Gasteiger partial charge in [-0.25, -0.2) is 0 Å². The van der Waals surface area contributed by atoms with E-state index in [1.54, 1.807) is 0 Å². The molecule has 0 saturated heterocycles. The Morgan fingerprint density at radius 3 is 2.12 bits per heavy atom. The molecule has 1 aromatic carbocycles. The Hall–Kier alpha value is -1.37. The molecule has 1 nitrogen and oxygen atoms in total. The van der Waals surface area contributed by atoms with Crippen LogP contribution in [0.25, 0.3) is 5.70 Å². The third-order valence-corrected chi connectivity index (χ3v) is 3.08. The molecule has 0 aliphatic carbocycles. The first-order valence-electron chi connectivity index (χ1n) is 6.18. The molecule has 1 heteroatoms. The monoisotopic (exact) mass is 229 g/mol. The van der Waals surface area contributed by atoms with Gasteiger partial charge in [-0.05, 0) is 29.9 Å². The van der Waals surface area contributed by atoms with Gasteiger partial charge in [-0.3, -0.25) is 4.99 Å². The smallest absolute Gasteiger partial charge is 0.0629 e. The fourth-order valence-corrected chi connectivity index (χ4v) is 1.37. The van der Waals surface area contributed by atoms with Gasteiger partial charge in [0, 0.05) is 5.71 Å². The van der Waals surface area contributed by atoms with Crippen molar-refractivity contribution in [1.29, 1.82) is 0 Å². The summed E-state index contributed by atoms with van der Waals surface area (Å²) in [6, 6.07) is 8.48. The standard InChI is InChI=1S/C16H23N/c1-7-14-8-10-15(11-9-14)12(2)17-13(3)16(4,5)6/h8-11H,2,7H2,1,3-6H3. The van der Waals surface area contributed by atoms with Crippen LogP contribution in [0.3, 0.4) is 0 Å². The predicted octanol–water partition coefficient (Wildman–Crippen LogP) is 4.73. The maximum absolute atomic E-state index is 4.60. The number of nitrogens with zero attached hydrogens (tertiary/aromatic N) is 1. The summed E-state index contributed by atoms with van der Waals surface area (Å²) in [6.07, 6.45) is 1.07. The molecule has 0 unspecified atom stereocenters. The average molecular weight is 229 g/mol. The van der Waals surface area contributed by atoms with Crippen molar-refractivity contribution in [2.24, 2.45) is 10.4 Å². The zero-order valence-corrected chi connectivity index (χ0v) is 11.7. The molecule has 0 bridgehead atoms. The van der Waals surface area contributed by atoms with Gasteiger partial charge in [-0.1, -0.05) is 58.5 Å². The van der Waals surface area contributed by atoms with E-state index in [0.717, 1.165) is 23.4 Å². The van der Waals surface area contributed by atoms with Crippen LogP contribution in [-0.2, 0) is 6.42 Å². The molecule has 0 spiro atoms. The van der Waals surface area contributed by atoms with E-state index in [9.17, 15) is 0 Å². The minimum atomic E-state index is 0.103. The molecule has 1 aromatic rings. The van der Waals surface area contributed by atoms with Crippen molar-refractivity contribution in [1.82, 2.24) is 0 Å². The highest BCUT2D eigenvalue weighted by atomic mass is 14.8. The van der Waals surface area contributed by atoms with Gasteiger partial charge in [-0.2, -0.15) is 0 Å². The van der Waals surface area contributed by atoms with Crippen LogP contribution in [0.15, 0.2) is 35.8 Å². The van der Waals surface area contributed by atoms with E-state index in [1.807, 2.05) is 0 Å². The van der Waals surface area contributed by atoms with Crippen molar-refractivity contribution in [3.63, 3.8) is 0 Å². The summed E-state index contributed by atoms with van der Waals surface area (Å²) in [5, 5.41) is 0. The van der Waals surface area contributed by atoms with Crippen LogP contribution in [0.1, 0.15) is 45.7 Å². The van der Waals surface area contributed by atoms with Crippen LogP contribution in [-0.4, -0.2) is 5.71 Å². The lowest BCUT2D eigenvalue weighted by molar-refractivity contribution is 0.588. The van der Waals surface area contributed by atoms with Crippen LogP contribution in [0.5, 0.6) is 0 Å². The van der Waals surface area contributed by atoms with Crippen LogP contribution < -0.4 is 0 Å². The van der Waals surface area contributed by atoms with Gasteiger partial charge in [0.2, 0.25) is 0 Å². The fraction of sp³-hybridized carbons (Fsp3) is 0.438.